The van der Waals surface area contributed by atoms with E-state index in [0.717, 1.165) is 27.7 Å². The highest BCUT2D eigenvalue weighted by Crippen LogP contribution is 2.32. The Morgan fingerprint density at radius 1 is 1.05 bits per heavy atom. The minimum atomic E-state index is -0.256. The van der Waals surface area contributed by atoms with Crippen LogP contribution < -0.4 is 5.32 Å². The first-order valence-corrected chi connectivity index (χ1v) is 5.86. The van der Waals surface area contributed by atoms with E-state index >= 15 is 0 Å². The molecule has 1 amide bonds. The summed E-state index contributed by atoms with van der Waals surface area (Å²) in [6, 6.07) is 12.0. The first-order chi connectivity index (χ1) is 9.29. The van der Waals surface area contributed by atoms with E-state index in [0.29, 0.717) is 6.41 Å². The van der Waals surface area contributed by atoms with Gasteiger partial charge in [0.1, 0.15) is 5.82 Å². The second kappa shape index (κ2) is 4.57. The molecule has 0 unspecified atom stereocenters. The molecule has 0 aliphatic rings. The first-order valence-electron chi connectivity index (χ1n) is 5.86. The summed E-state index contributed by atoms with van der Waals surface area (Å²) in [4.78, 5) is 13.7. The molecule has 94 valence electrons. The third-order valence-corrected chi connectivity index (χ3v) is 3.09. The number of rotatable bonds is 3. The van der Waals surface area contributed by atoms with Crippen LogP contribution in [-0.2, 0) is 4.79 Å². The third-order valence-electron chi connectivity index (χ3n) is 3.09. The Bertz CT molecular complexity index is 731. The number of H-pyrrole nitrogens is 1. The largest absolute Gasteiger partial charge is 0.359 e. The van der Waals surface area contributed by atoms with Crippen molar-refractivity contribution in [3.05, 3.63) is 54.5 Å². The summed E-state index contributed by atoms with van der Waals surface area (Å²) in [7, 11) is 0. The zero-order valence-corrected chi connectivity index (χ0v) is 9.98. The quantitative estimate of drug-likeness (QED) is 0.690. The summed E-state index contributed by atoms with van der Waals surface area (Å²) < 4.78 is 13.0. The number of aromatic amines is 1. The second-order valence-electron chi connectivity index (χ2n) is 4.20. The molecule has 0 radical (unpaired) electrons. The number of hydrogen-bond acceptors (Lipinski definition) is 1. The number of benzene rings is 2. The zero-order valence-electron chi connectivity index (χ0n) is 9.98. The molecule has 4 heteroatoms. The van der Waals surface area contributed by atoms with E-state index in [1.807, 2.05) is 24.4 Å². The molecule has 0 saturated heterocycles. The van der Waals surface area contributed by atoms with Crippen LogP contribution in [0.15, 0.2) is 48.7 Å². The van der Waals surface area contributed by atoms with Gasteiger partial charge in [0.25, 0.3) is 0 Å². The van der Waals surface area contributed by atoms with Crippen LogP contribution in [0.4, 0.5) is 10.1 Å². The number of aromatic nitrogens is 1. The smallest absolute Gasteiger partial charge is 0.211 e. The average Bonchev–Trinajstić information content (AvgIpc) is 2.90. The highest BCUT2D eigenvalue weighted by atomic mass is 19.1. The van der Waals surface area contributed by atoms with Gasteiger partial charge in [-0.25, -0.2) is 4.39 Å². The van der Waals surface area contributed by atoms with Gasteiger partial charge in [-0.15, -0.1) is 0 Å². The Hall–Kier alpha value is -2.62. The van der Waals surface area contributed by atoms with Gasteiger partial charge < -0.3 is 10.3 Å². The lowest BCUT2D eigenvalue weighted by molar-refractivity contribution is -0.105. The Labute approximate surface area is 109 Å². The molecule has 0 fully saturated rings. The molecule has 0 atom stereocenters. The summed E-state index contributed by atoms with van der Waals surface area (Å²) in [6.07, 6.45) is 2.46. The minimum absolute atomic E-state index is 0.256. The topological polar surface area (TPSA) is 44.9 Å². The number of halogens is 1. The molecule has 19 heavy (non-hydrogen) atoms. The van der Waals surface area contributed by atoms with Crippen molar-refractivity contribution in [3.8, 4) is 11.1 Å². The van der Waals surface area contributed by atoms with Crippen LogP contribution in [0.2, 0.25) is 0 Å². The van der Waals surface area contributed by atoms with E-state index in [9.17, 15) is 9.18 Å². The molecule has 1 aromatic heterocycles. The lowest BCUT2D eigenvalue weighted by Crippen LogP contribution is -1.95. The molecular formula is C15H11FN2O. The van der Waals surface area contributed by atoms with Gasteiger partial charge >= 0.3 is 0 Å². The average molecular weight is 254 g/mol. The molecule has 1 heterocycles. The number of nitrogens with one attached hydrogen (secondary N) is 2. The van der Waals surface area contributed by atoms with Crippen LogP contribution in [0.3, 0.4) is 0 Å². The molecule has 2 aromatic carbocycles. The van der Waals surface area contributed by atoms with Crippen molar-refractivity contribution in [1.29, 1.82) is 0 Å². The van der Waals surface area contributed by atoms with Crippen molar-refractivity contribution in [2.24, 2.45) is 0 Å². The first kappa shape index (κ1) is 11.5. The highest BCUT2D eigenvalue weighted by Gasteiger charge is 2.08. The lowest BCUT2D eigenvalue weighted by atomic mass is 10.0. The van der Waals surface area contributed by atoms with Crippen LogP contribution in [0, 0.1) is 5.82 Å². The second-order valence-corrected chi connectivity index (χ2v) is 4.20. The number of hydrogen-bond donors (Lipinski definition) is 2. The van der Waals surface area contributed by atoms with Crippen LogP contribution in [0.5, 0.6) is 0 Å². The van der Waals surface area contributed by atoms with Gasteiger partial charge in [0.05, 0.1) is 11.2 Å². The Balaban J connectivity index is 2.20. The van der Waals surface area contributed by atoms with Crippen LogP contribution in [0.25, 0.3) is 22.0 Å². The normalized spacial score (nSPS) is 10.6. The number of carbonyl (C=O) groups excluding carboxylic acids is 1. The fourth-order valence-corrected chi connectivity index (χ4v) is 2.22. The van der Waals surface area contributed by atoms with E-state index in [1.165, 1.54) is 12.1 Å². The molecule has 3 rings (SSSR count). The van der Waals surface area contributed by atoms with Crippen molar-refractivity contribution in [2.75, 3.05) is 5.32 Å². The standard InChI is InChI=1S/C15H11FN2O/c16-11-3-1-10(2-4-11)12-5-6-14(18-9-19)15-13(12)7-8-17-15/h1-9,17H,(H,18,19). The molecule has 0 aliphatic heterocycles. The van der Waals surface area contributed by atoms with E-state index in [2.05, 4.69) is 10.3 Å². The monoisotopic (exact) mass is 254 g/mol. The van der Waals surface area contributed by atoms with Gasteiger partial charge in [-0.2, -0.15) is 0 Å². The predicted molar refractivity (Wildman–Crippen MR) is 73.4 cm³/mol. The fourth-order valence-electron chi connectivity index (χ4n) is 2.22. The number of carbonyl (C=O) groups is 1. The van der Waals surface area contributed by atoms with Gasteiger partial charge in [0.2, 0.25) is 6.41 Å². The van der Waals surface area contributed by atoms with Crippen molar-refractivity contribution >= 4 is 23.0 Å². The molecule has 3 aromatic rings. The third kappa shape index (κ3) is 1.97. The summed E-state index contributed by atoms with van der Waals surface area (Å²) in [5, 5.41) is 3.64. The molecule has 3 nitrogen and oxygen atoms in total. The van der Waals surface area contributed by atoms with Crippen LogP contribution in [0.1, 0.15) is 0 Å². The summed E-state index contributed by atoms with van der Waals surface area (Å²) in [5.74, 6) is -0.256. The van der Waals surface area contributed by atoms with E-state index in [-0.39, 0.29) is 5.82 Å². The van der Waals surface area contributed by atoms with Crippen molar-refractivity contribution in [2.45, 2.75) is 0 Å². The van der Waals surface area contributed by atoms with Gasteiger partial charge in [-0.3, -0.25) is 4.79 Å². The Kier molecular flexibility index (Phi) is 2.76. The molecule has 0 saturated carbocycles. The van der Waals surface area contributed by atoms with Crippen LogP contribution >= 0.6 is 0 Å². The van der Waals surface area contributed by atoms with Crippen molar-refractivity contribution in [1.82, 2.24) is 4.98 Å². The number of amides is 1. The predicted octanol–water partition coefficient (Wildman–Crippen LogP) is 3.54. The van der Waals surface area contributed by atoms with Crippen LogP contribution in [-0.4, -0.2) is 11.4 Å². The van der Waals surface area contributed by atoms with E-state index < -0.39 is 0 Å². The maximum Gasteiger partial charge on any atom is 0.211 e. The molecule has 2 N–H and O–H groups in total. The van der Waals surface area contributed by atoms with Gasteiger partial charge in [0.15, 0.2) is 0 Å². The highest BCUT2D eigenvalue weighted by molar-refractivity contribution is 6.03. The zero-order chi connectivity index (χ0) is 13.2. The van der Waals surface area contributed by atoms with Crippen molar-refractivity contribution < 1.29 is 9.18 Å². The molecule has 0 aliphatic carbocycles. The molecule has 0 bridgehead atoms. The minimum Gasteiger partial charge on any atom is -0.359 e. The van der Waals surface area contributed by atoms with Gasteiger partial charge in [0, 0.05) is 11.6 Å². The molecular weight excluding hydrogens is 243 g/mol. The van der Waals surface area contributed by atoms with Gasteiger partial charge in [-0.1, -0.05) is 18.2 Å². The Morgan fingerprint density at radius 3 is 2.58 bits per heavy atom. The number of fused-ring (bicyclic) bond motifs is 1. The summed E-state index contributed by atoms with van der Waals surface area (Å²) in [5.41, 5.74) is 3.51. The number of anilines is 1. The van der Waals surface area contributed by atoms with E-state index in [4.69, 9.17) is 0 Å². The van der Waals surface area contributed by atoms with E-state index in [1.54, 1.807) is 12.1 Å². The summed E-state index contributed by atoms with van der Waals surface area (Å²) in [6.45, 7) is 0. The van der Waals surface area contributed by atoms with Crippen molar-refractivity contribution in [3.63, 3.8) is 0 Å². The summed E-state index contributed by atoms with van der Waals surface area (Å²) >= 11 is 0. The maximum absolute atomic E-state index is 13.0. The SMILES string of the molecule is O=CNc1ccc(-c2ccc(F)cc2)c2cc[nH]c12. The fraction of sp³-hybridized carbons (Fsp3) is 0. The molecule has 0 spiro atoms. The maximum atomic E-state index is 13.0. The van der Waals surface area contributed by atoms with Gasteiger partial charge in [-0.05, 0) is 35.4 Å². The Morgan fingerprint density at radius 2 is 1.84 bits per heavy atom. The lowest BCUT2D eigenvalue weighted by Gasteiger charge is -2.07.